The molecule has 11 rings (SSSR count). The van der Waals surface area contributed by atoms with Crippen LogP contribution in [0, 0.1) is 0 Å². The topological polar surface area (TPSA) is 33.7 Å². The third-order valence-electron chi connectivity index (χ3n) is 11.5. The molecule has 0 saturated heterocycles. The van der Waals surface area contributed by atoms with Crippen molar-refractivity contribution >= 4 is 77.6 Å². The highest BCUT2D eigenvalue weighted by molar-refractivity contribution is 6.25. The van der Waals surface area contributed by atoms with Crippen LogP contribution < -0.4 is 15.5 Å². The van der Waals surface area contributed by atoms with E-state index in [1.807, 2.05) is 19.1 Å². The quantitative estimate of drug-likeness (QED) is 0.181. The van der Waals surface area contributed by atoms with E-state index in [4.69, 9.17) is 9.41 Å². The number of hydrogen-bond donors (Lipinski definition) is 0. The molecule has 0 aliphatic carbocycles. The second-order valence-electron chi connectivity index (χ2n) is 14.7. The zero-order valence-electron chi connectivity index (χ0n) is 31.6. The maximum absolute atomic E-state index is 6.69. The molecule has 0 atom stereocenters. The molecule has 4 heteroatoms. The minimum absolute atomic E-state index is 0.773. The molecule has 8 aromatic carbocycles. The Bertz CT molecular complexity index is 3430. The number of furan rings is 1. The van der Waals surface area contributed by atoms with Crippen LogP contribution in [0.3, 0.4) is 0 Å². The van der Waals surface area contributed by atoms with Gasteiger partial charge in [0.25, 0.3) is 0 Å². The second kappa shape index (κ2) is 13.1. The Hall–Kier alpha value is -7.43. The molecule has 3 heterocycles. The fourth-order valence-corrected chi connectivity index (χ4v) is 8.84. The van der Waals surface area contributed by atoms with Gasteiger partial charge in [-0.25, -0.2) is 4.99 Å². The third-order valence-corrected chi connectivity index (χ3v) is 11.5. The number of hydrogen-bond acceptors (Lipinski definition) is 3. The van der Waals surface area contributed by atoms with Gasteiger partial charge in [-0.15, -0.1) is 0 Å². The predicted molar refractivity (Wildman–Crippen MR) is 240 cm³/mol. The lowest BCUT2D eigenvalue weighted by Gasteiger charge is -2.29. The number of aromatic nitrogens is 1. The van der Waals surface area contributed by atoms with Crippen molar-refractivity contribution in [1.29, 1.82) is 0 Å². The molecule has 1 aliphatic heterocycles. The summed E-state index contributed by atoms with van der Waals surface area (Å²) >= 11 is 0. The molecule has 0 radical (unpaired) electrons. The van der Waals surface area contributed by atoms with Crippen molar-refractivity contribution < 1.29 is 4.42 Å². The lowest BCUT2D eigenvalue weighted by molar-refractivity contribution is 0.575. The summed E-state index contributed by atoms with van der Waals surface area (Å²) in [6, 6.07) is 60.9. The molecule has 0 fully saturated rings. The van der Waals surface area contributed by atoms with Crippen LogP contribution in [0.2, 0.25) is 0 Å². The molecule has 0 N–H and O–H groups in total. The van der Waals surface area contributed by atoms with Crippen LogP contribution in [-0.2, 0) is 0 Å². The maximum Gasteiger partial charge on any atom is 0.145 e. The Kier molecular flexibility index (Phi) is 7.58. The lowest BCUT2D eigenvalue weighted by atomic mass is 9.94. The van der Waals surface area contributed by atoms with Gasteiger partial charge in [0.2, 0.25) is 0 Å². The normalized spacial score (nSPS) is 14.5. The van der Waals surface area contributed by atoms with Crippen LogP contribution in [0.15, 0.2) is 191 Å². The van der Waals surface area contributed by atoms with Crippen molar-refractivity contribution in [1.82, 2.24) is 4.57 Å². The summed E-state index contributed by atoms with van der Waals surface area (Å²) in [5, 5.41) is 9.31. The summed E-state index contributed by atoms with van der Waals surface area (Å²) in [7, 11) is 2.11. The SMILES string of the molecule is C\C=C/C=c1/oc2ccc(-c3ccc4c(c3)c3c5ccccc5ccc3n4-c3ccccc3)cc2/c1=C1\N=C(c2cccc3ccccc23)c2ccccc2N1C. The molecular formula is C53H37N3O. The summed E-state index contributed by atoms with van der Waals surface area (Å²) < 4.78 is 9.08. The molecule has 57 heavy (non-hydrogen) atoms. The third kappa shape index (κ3) is 5.18. The van der Waals surface area contributed by atoms with Crippen LogP contribution >= 0.6 is 0 Å². The lowest BCUT2D eigenvalue weighted by Crippen LogP contribution is -2.33. The highest BCUT2D eigenvalue weighted by Crippen LogP contribution is 2.39. The zero-order valence-corrected chi connectivity index (χ0v) is 31.6. The van der Waals surface area contributed by atoms with Gasteiger partial charge >= 0.3 is 0 Å². The minimum atomic E-state index is 0.773. The van der Waals surface area contributed by atoms with E-state index >= 15 is 0 Å². The summed E-state index contributed by atoms with van der Waals surface area (Å²) in [5.41, 5.74) is 11.6. The Morgan fingerprint density at radius 2 is 1.23 bits per heavy atom. The van der Waals surface area contributed by atoms with Crippen LogP contribution in [0.1, 0.15) is 18.1 Å². The number of para-hydroxylation sites is 2. The van der Waals surface area contributed by atoms with Crippen LogP contribution in [0.25, 0.3) is 83.0 Å². The number of fused-ring (bicyclic) bond motifs is 8. The van der Waals surface area contributed by atoms with E-state index in [0.29, 0.717) is 0 Å². The van der Waals surface area contributed by atoms with Crippen molar-refractivity contribution in [2.24, 2.45) is 4.99 Å². The largest absolute Gasteiger partial charge is 0.456 e. The molecule has 0 amide bonds. The molecule has 0 unspecified atom stereocenters. The van der Waals surface area contributed by atoms with Gasteiger partial charge in [-0.3, -0.25) is 0 Å². The number of anilines is 1. The van der Waals surface area contributed by atoms with Gasteiger partial charge in [-0.2, -0.15) is 0 Å². The fraction of sp³-hybridized carbons (Fsp3) is 0.0377. The number of allylic oxidation sites excluding steroid dienone is 2. The van der Waals surface area contributed by atoms with E-state index in [0.717, 1.165) is 66.8 Å². The first-order valence-electron chi connectivity index (χ1n) is 19.5. The number of rotatable bonds is 4. The van der Waals surface area contributed by atoms with E-state index in [2.05, 4.69) is 192 Å². The highest BCUT2D eigenvalue weighted by atomic mass is 16.3. The minimum Gasteiger partial charge on any atom is -0.456 e. The number of aliphatic imine (C=N–C) groups is 1. The van der Waals surface area contributed by atoms with E-state index in [1.54, 1.807) is 0 Å². The average molecular weight is 732 g/mol. The van der Waals surface area contributed by atoms with Gasteiger partial charge in [0.15, 0.2) is 0 Å². The molecule has 0 bridgehead atoms. The van der Waals surface area contributed by atoms with Gasteiger partial charge in [-0.05, 0) is 94.2 Å². The van der Waals surface area contributed by atoms with Crippen LogP contribution in [0.5, 0.6) is 0 Å². The first kappa shape index (κ1) is 33.0. The van der Waals surface area contributed by atoms with Gasteiger partial charge < -0.3 is 13.9 Å². The van der Waals surface area contributed by atoms with Crippen molar-refractivity contribution in [2.75, 3.05) is 11.9 Å². The first-order chi connectivity index (χ1) is 28.2. The molecular weight excluding hydrogens is 695 g/mol. The Labute approximate surface area is 329 Å². The second-order valence-corrected chi connectivity index (χ2v) is 14.7. The molecule has 2 aromatic heterocycles. The van der Waals surface area contributed by atoms with Crippen molar-refractivity contribution in [2.45, 2.75) is 6.92 Å². The smallest absolute Gasteiger partial charge is 0.145 e. The Balaban J connectivity index is 1.19. The Morgan fingerprint density at radius 1 is 0.561 bits per heavy atom. The van der Waals surface area contributed by atoms with Gasteiger partial charge in [0.1, 0.15) is 16.8 Å². The van der Waals surface area contributed by atoms with Gasteiger partial charge in [0.05, 0.1) is 27.7 Å². The number of nitrogens with zero attached hydrogens (tertiary/aromatic N) is 3. The van der Waals surface area contributed by atoms with E-state index < -0.39 is 0 Å². The molecule has 0 saturated carbocycles. The predicted octanol–water partition coefficient (Wildman–Crippen LogP) is 11.9. The number of benzene rings is 8. The molecule has 0 spiro atoms. The average Bonchev–Trinajstić information content (AvgIpc) is 3.81. The van der Waals surface area contributed by atoms with Crippen LogP contribution in [0.4, 0.5) is 5.69 Å². The van der Waals surface area contributed by atoms with Crippen molar-refractivity contribution in [3.8, 4) is 16.8 Å². The maximum atomic E-state index is 6.69. The summed E-state index contributed by atoms with van der Waals surface area (Å²) in [5.74, 6) is 0.844. The highest BCUT2D eigenvalue weighted by Gasteiger charge is 2.25. The summed E-state index contributed by atoms with van der Waals surface area (Å²) in [6.07, 6.45) is 6.12. The molecule has 270 valence electrons. The summed E-state index contributed by atoms with van der Waals surface area (Å²) in [6.45, 7) is 2.03. The summed E-state index contributed by atoms with van der Waals surface area (Å²) in [4.78, 5) is 7.79. The monoisotopic (exact) mass is 731 g/mol. The van der Waals surface area contributed by atoms with E-state index in [-0.39, 0.29) is 0 Å². The van der Waals surface area contributed by atoms with Crippen molar-refractivity contribution in [3.63, 3.8) is 0 Å². The standard InChI is InChI=1S/C53H37N3O/c1-3-4-25-49-51(53-54-52(42-22-12-13-24-45(42)55(53)2)41-23-14-17-34-15-8-10-20-39(34)41)44-33-37(28-31-48(44)57-49)36-27-29-46-43(32-36)50-40-21-11-9-16-35(40)26-30-47(50)56(46)38-18-6-5-7-19-38/h3-33H,1-2H3/b4-3-,49-25+,53-51-. The van der Waals surface area contributed by atoms with E-state index in [1.165, 1.54) is 43.4 Å². The fourth-order valence-electron chi connectivity index (χ4n) is 8.84. The van der Waals surface area contributed by atoms with Gasteiger partial charge in [0, 0.05) is 40.0 Å². The molecule has 1 aliphatic rings. The van der Waals surface area contributed by atoms with E-state index in [9.17, 15) is 0 Å². The molecule has 10 aromatic rings. The van der Waals surface area contributed by atoms with Crippen LogP contribution in [-0.4, -0.2) is 17.3 Å². The zero-order chi connectivity index (χ0) is 38.0. The Morgan fingerprint density at radius 3 is 2.07 bits per heavy atom. The van der Waals surface area contributed by atoms with Crippen molar-refractivity contribution in [3.05, 3.63) is 204 Å². The van der Waals surface area contributed by atoms with Gasteiger partial charge in [-0.1, -0.05) is 133 Å². The molecule has 4 nitrogen and oxygen atoms in total. The first-order valence-corrected chi connectivity index (χ1v) is 19.5.